The third kappa shape index (κ3) is 4.18. The van der Waals surface area contributed by atoms with E-state index in [1.54, 1.807) is 0 Å². The van der Waals surface area contributed by atoms with E-state index in [0.717, 1.165) is 47.3 Å². The summed E-state index contributed by atoms with van der Waals surface area (Å²) in [6.07, 6.45) is -0.146. The molecule has 0 unspecified atom stereocenters. The topological polar surface area (TPSA) is 98.3 Å². The lowest BCUT2D eigenvalue weighted by Gasteiger charge is -2.08. The van der Waals surface area contributed by atoms with Crippen LogP contribution in [-0.2, 0) is 6.54 Å². The number of imidazole rings is 1. The summed E-state index contributed by atoms with van der Waals surface area (Å²) in [7, 11) is 0. The van der Waals surface area contributed by atoms with Crippen LogP contribution >= 0.6 is 0 Å². The molecule has 0 aliphatic rings. The Labute approximate surface area is 132 Å². The van der Waals surface area contributed by atoms with Crippen LogP contribution in [0.5, 0.6) is 5.75 Å². The number of phenolic OH excluding ortho intramolecular Hbond substituents is 1. The Morgan fingerprint density at radius 1 is 1.42 bits per heavy atom. The Morgan fingerprint density at radius 2 is 2.12 bits per heavy atom. The first kappa shape index (κ1) is 17.2. The molecule has 0 aliphatic carbocycles. The van der Waals surface area contributed by atoms with Gasteiger partial charge in [0.2, 0.25) is 0 Å². The first-order chi connectivity index (χ1) is 11.2. The minimum atomic E-state index is -4.44. The fourth-order valence-electron chi connectivity index (χ4n) is 1.88. The lowest BCUT2D eigenvalue weighted by molar-refractivity contribution is -0.385. The lowest BCUT2D eigenvalue weighted by atomic mass is 10.1. The van der Waals surface area contributed by atoms with Gasteiger partial charge >= 0.3 is 11.9 Å². The van der Waals surface area contributed by atoms with E-state index in [-0.39, 0.29) is 11.4 Å². The zero-order valence-corrected chi connectivity index (χ0v) is 11.9. The number of aromatic hydroxyl groups is 1. The molecule has 2 rings (SSSR count). The molecule has 0 aliphatic heterocycles. The zero-order valence-electron chi connectivity index (χ0n) is 11.9. The number of phenols is 1. The van der Waals surface area contributed by atoms with Gasteiger partial charge in [-0.05, 0) is 24.3 Å². The zero-order chi connectivity index (χ0) is 17.9. The number of carbonyl (C=O) groups excluding carboxylic acids is 1. The second kappa shape index (κ2) is 6.52. The predicted molar refractivity (Wildman–Crippen MR) is 76.4 cm³/mol. The number of benzene rings is 1. The van der Waals surface area contributed by atoms with Crippen LogP contribution in [0.15, 0.2) is 36.7 Å². The van der Waals surface area contributed by atoms with Crippen molar-refractivity contribution in [2.45, 2.75) is 12.7 Å². The number of nitrogens with zero attached hydrogens (tertiary/aromatic N) is 3. The number of allylic oxidation sites excluding steroid dienone is 1. The molecule has 0 amide bonds. The van der Waals surface area contributed by atoms with Crippen LogP contribution in [-0.4, -0.2) is 31.5 Å². The quantitative estimate of drug-likeness (QED) is 0.390. The highest BCUT2D eigenvalue weighted by Crippen LogP contribution is 2.26. The smallest absolute Gasteiger partial charge is 0.406 e. The summed E-state index contributed by atoms with van der Waals surface area (Å²) < 4.78 is 38.0. The number of carbonyl (C=O) groups is 1. The summed E-state index contributed by atoms with van der Waals surface area (Å²) in [4.78, 5) is 25.5. The van der Waals surface area contributed by atoms with Crippen molar-refractivity contribution in [3.63, 3.8) is 0 Å². The lowest BCUT2D eigenvalue weighted by Crippen LogP contribution is -2.18. The maximum absolute atomic E-state index is 12.4. The third-order valence-electron chi connectivity index (χ3n) is 2.94. The maximum atomic E-state index is 12.4. The van der Waals surface area contributed by atoms with Crippen molar-refractivity contribution in [3.05, 3.63) is 58.2 Å². The van der Waals surface area contributed by atoms with Crippen molar-refractivity contribution in [2.75, 3.05) is 0 Å². The van der Waals surface area contributed by atoms with Crippen molar-refractivity contribution in [1.29, 1.82) is 0 Å². The van der Waals surface area contributed by atoms with Gasteiger partial charge in [0, 0.05) is 24.0 Å². The van der Waals surface area contributed by atoms with Gasteiger partial charge in [-0.1, -0.05) is 0 Å². The average molecular weight is 341 g/mol. The monoisotopic (exact) mass is 341 g/mol. The molecule has 0 spiro atoms. The minimum absolute atomic E-state index is 0.0889. The summed E-state index contributed by atoms with van der Waals surface area (Å²) in [5, 5.41) is 20.0. The molecule has 0 saturated carbocycles. The number of alkyl halides is 3. The molecule has 0 fully saturated rings. The standard InChI is InChI=1S/C14H10F3N3O4/c15-14(16,17)8-19-6-5-18-13(19)4-3-11(21)9-1-2-12(22)10(7-9)20(23)24/h1-7,22H,8H2/b4-3+. The molecule has 7 nitrogen and oxygen atoms in total. The van der Waals surface area contributed by atoms with Gasteiger partial charge in [0.25, 0.3) is 0 Å². The Hall–Kier alpha value is -3.17. The van der Waals surface area contributed by atoms with Gasteiger partial charge in [0.15, 0.2) is 11.5 Å². The average Bonchev–Trinajstić information content (AvgIpc) is 2.90. The van der Waals surface area contributed by atoms with Gasteiger partial charge in [-0.15, -0.1) is 0 Å². The van der Waals surface area contributed by atoms with Gasteiger partial charge in [-0.25, -0.2) is 4.98 Å². The predicted octanol–water partition coefficient (Wildman–Crippen LogP) is 2.96. The van der Waals surface area contributed by atoms with E-state index in [4.69, 9.17) is 0 Å². The summed E-state index contributed by atoms with van der Waals surface area (Å²) in [5.41, 5.74) is -0.738. The molecular formula is C14H10F3N3O4. The molecule has 1 aromatic carbocycles. The number of halogens is 3. The molecule has 0 atom stereocenters. The largest absolute Gasteiger partial charge is 0.502 e. The van der Waals surface area contributed by atoms with E-state index in [1.165, 1.54) is 0 Å². The number of hydrogen-bond acceptors (Lipinski definition) is 5. The van der Waals surface area contributed by atoms with E-state index in [1.807, 2.05) is 0 Å². The van der Waals surface area contributed by atoms with E-state index >= 15 is 0 Å². The molecule has 2 aromatic rings. The van der Waals surface area contributed by atoms with E-state index in [0.29, 0.717) is 0 Å². The number of hydrogen-bond donors (Lipinski definition) is 1. The Balaban J connectivity index is 2.22. The normalized spacial score (nSPS) is 11.8. The van der Waals surface area contributed by atoms with E-state index < -0.39 is 34.9 Å². The number of nitro groups is 1. The maximum Gasteiger partial charge on any atom is 0.406 e. The van der Waals surface area contributed by atoms with Crippen molar-refractivity contribution in [2.24, 2.45) is 0 Å². The molecular weight excluding hydrogens is 331 g/mol. The third-order valence-corrected chi connectivity index (χ3v) is 2.94. The Morgan fingerprint density at radius 3 is 2.75 bits per heavy atom. The van der Waals surface area contributed by atoms with Crippen LogP contribution in [0.25, 0.3) is 6.08 Å². The SMILES string of the molecule is O=C(/C=C/c1nccn1CC(F)(F)F)c1ccc(O)c([N+](=O)[O-])c1. The highest BCUT2D eigenvalue weighted by Gasteiger charge is 2.28. The summed E-state index contributed by atoms with van der Waals surface area (Å²) in [6, 6.07) is 3.03. The molecule has 0 radical (unpaired) electrons. The highest BCUT2D eigenvalue weighted by atomic mass is 19.4. The first-order valence-corrected chi connectivity index (χ1v) is 6.45. The second-order valence-corrected chi connectivity index (χ2v) is 4.69. The fraction of sp³-hybridized carbons (Fsp3) is 0.143. The number of nitro benzene ring substituents is 1. The number of rotatable bonds is 5. The number of ketones is 1. The molecule has 126 valence electrons. The van der Waals surface area contributed by atoms with E-state index in [2.05, 4.69) is 4.98 Å². The van der Waals surface area contributed by atoms with Crippen molar-refractivity contribution in [1.82, 2.24) is 9.55 Å². The fourth-order valence-corrected chi connectivity index (χ4v) is 1.88. The molecule has 1 aromatic heterocycles. The highest BCUT2D eigenvalue weighted by molar-refractivity contribution is 6.07. The van der Waals surface area contributed by atoms with Gasteiger partial charge in [0.1, 0.15) is 12.4 Å². The summed E-state index contributed by atoms with van der Waals surface area (Å²) >= 11 is 0. The van der Waals surface area contributed by atoms with Crippen molar-refractivity contribution < 1.29 is 28.0 Å². The molecule has 1 heterocycles. The van der Waals surface area contributed by atoms with Crippen molar-refractivity contribution >= 4 is 17.5 Å². The molecule has 10 heteroatoms. The van der Waals surface area contributed by atoms with Crippen LogP contribution in [0.3, 0.4) is 0 Å². The van der Waals surface area contributed by atoms with Gasteiger partial charge in [-0.2, -0.15) is 13.2 Å². The van der Waals surface area contributed by atoms with Crippen LogP contribution in [0, 0.1) is 10.1 Å². The summed E-state index contributed by atoms with van der Waals surface area (Å²) in [5.74, 6) is -1.37. The van der Waals surface area contributed by atoms with Gasteiger partial charge in [-0.3, -0.25) is 14.9 Å². The van der Waals surface area contributed by atoms with Crippen LogP contribution in [0.2, 0.25) is 0 Å². The summed E-state index contributed by atoms with van der Waals surface area (Å²) in [6.45, 7) is -1.26. The number of aromatic nitrogens is 2. The van der Waals surface area contributed by atoms with Gasteiger partial charge in [0.05, 0.1) is 4.92 Å². The Kier molecular flexibility index (Phi) is 4.67. The molecule has 0 saturated heterocycles. The van der Waals surface area contributed by atoms with Crippen LogP contribution in [0.4, 0.5) is 18.9 Å². The van der Waals surface area contributed by atoms with E-state index in [9.17, 15) is 33.2 Å². The minimum Gasteiger partial charge on any atom is -0.502 e. The Bertz CT molecular complexity index is 812. The van der Waals surface area contributed by atoms with Crippen LogP contribution in [0.1, 0.15) is 16.2 Å². The van der Waals surface area contributed by atoms with Gasteiger partial charge < -0.3 is 9.67 Å². The first-order valence-electron chi connectivity index (χ1n) is 6.45. The van der Waals surface area contributed by atoms with Crippen LogP contribution < -0.4 is 0 Å². The molecule has 1 N–H and O–H groups in total. The van der Waals surface area contributed by atoms with Crippen molar-refractivity contribution in [3.8, 4) is 5.75 Å². The second-order valence-electron chi connectivity index (χ2n) is 4.69. The molecule has 0 bridgehead atoms. The molecule has 24 heavy (non-hydrogen) atoms.